The lowest BCUT2D eigenvalue weighted by Gasteiger charge is -1.96. The highest BCUT2D eigenvalue weighted by molar-refractivity contribution is 4.67. The van der Waals surface area contributed by atoms with Crippen molar-refractivity contribution in [1.82, 2.24) is 5.32 Å². The molecule has 0 radical (unpaired) electrons. The van der Waals surface area contributed by atoms with Crippen molar-refractivity contribution in [3.05, 3.63) is 0 Å². The SMILES string of the molecule is CCNCCCCC#N. The summed E-state index contributed by atoms with van der Waals surface area (Å²) in [4.78, 5) is 0. The molecule has 0 aliphatic rings. The maximum atomic E-state index is 8.15. The summed E-state index contributed by atoms with van der Waals surface area (Å²) in [5.74, 6) is 0. The Labute approximate surface area is 56.9 Å². The predicted molar refractivity (Wildman–Crippen MR) is 38.0 cm³/mol. The molecule has 0 fully saturated rings. The molecule has 9 heavy (non-hydrogen) atoms. The first-order valence-corrected chi connectivity index (χ1v) is 3.49. The maximum Gasteiger partial charge on any atom is 0.0621 e. The highest BCUT2D eigenvalue weighted by Crippen LogP contribution is 1.90. The van der Waals surface area contributed by atoms with Gasteiger partial charge in [0.25, 0.3) is 0 Å². The van der Waals surface area contributed by atoms with Gasteiger partial charge in [-0.2, -0.15) is 5.26 Å². The molecule has 0 aliphatic heterocycles. The van der Waals surface area contributed by atoms with Gasteiger partial charge in [-0.05, 0) is 25.9 Å². The largest absolute Gasteiger partial charge is 0.317 e. The molecule has 0 unspecified atom stereocenters. The van der Waals surface area contributed by atoms with Crippen molar-refractivity contribution in [3.8, 4) is 6.07 Å². The van der Waals surface area contributed by atoms with Gasteiger partial charge in [0, 0.05) is 6.42 Å². The zero-order valence-electron chi connectivity index (χ0n) is 5.98. The van der Waals surface area contributed by atoms with E-state index in [1.54, 1.807) is 0 Å². The van der Waals surface area contributed by atoms with Crippen LogP contribution in [0.3, 0.4) is 0 Å². The van der Waals surface area contributed by atoms with E-state index in [9.17, 15) is 0 Å². The lowest BCUT2D eigenvalue weighted by molar-refractivity contribution is 0.648. The lowest BCUT2D eigenvalue weighted by atomic mass is 10.2. The van der Waals surface area contributed by atoms with Gasteiger partial charge >= 0.3 is 0 Å². The van der Waals surface area contributed by atoms with E-state index in [0.29, 0.717) is 6.42 Å². The molecule has 0 amide bonds. The number of rotatable bonds is 5. The second-order valence-corrected chi connectivity index (χ2v) is 1.97. The standard InChI is InChI=1S/C7H14N2/c1-2-9-7-5-3-4-6-8/h9H,2-5,7H2,1H3. The van der Waals surface area contributed by atoms with Crippen LogP contribution in [0, 0.1) is 11.3 Å². The lowest BCUT2D eigenvalue weighted by Crippen LogP contribution is -2.13. The van der Waals surface area contributed by atoms with E-state index in [2.05, 4.69) is 18.3 Å². The quantitative estimate of drug-likeness (QED) is 0.563. The Morgan fingerprint density at radius 2 is 2.22 bits per heavy atom. The van der Waals surface area contributed by atoms with E-state index in [1.807, 2.05) is 0 Å². The monoisotopic (exact) mass is 126 g/mol. The number of nitriles is 1. The number of hydrogen-bond donors (Lipinski definition) is 1. The third kappa shape index (κ3) is 7.45. The van der Waals surface area contributed by atoms with Crippen LogP contribution in [0.15, 0.2) is 0 Å². The van der Waals surface area contributed by atoms with Gasteiger partial charge in [-0.1, -0.05) is 6.92 Å². The molecule has 2 heteroatoms. The Morgan fingerprint density at radius 3 is 2.78 bits per heavy atom. The van der Waals surface area contributed by atoms with Crippen LogP contribution >= 0.6 is 0 Å². The van der Waals surface area contributed by atoms with Crippen LogP contribution in [-0.2, 0) is 0 Å². The van der Waals surface area contributed by atoms with E-state index in [1.165, 1.54) is 0 Å². The molecule has 0 heterocycles. The molecular weight excluding hydrogens is 112 g/mol. The minimum Gasteiger partial charge on any atom is -0.317 e. The van der Waals surface area contributed by atoms with Crippen LogP contribution in [0.2, 0.25) is 0 Å². The van der Waals surface area contributed by atoms with E-state index in [4.69, 9.17) is 5.26 Å². The number of hydrogen-bond acceptors (Lipinski definition) is 2. The Kier molecular flexibility index (Phi) is 6.99. The summed E-state index contributed by atoms with van der Waals surface area (Å²) in [7, 11) is 0. The van der Waals surface area contributed by atoms with Gasteiger partial charge in [0.05, 0.1) is 6.07 Å². The summed E-state index contributed by atoms with van der Waals surface area (Å²) >= 11 is 0. The van der Waals surface area contributed by atoms with E-state index >= 15 is 0 Å². The highest BCUT2D eigenvalue weighted by atomic mass is 14.8. The predicted octanol–water partition coefficient (Wildman–Crippen LogP) is 1.29. The van der Waals surface area contributed by atoms with Crippen molar-refractivity contribution < 1.29 is 0 Å². The Morgan fingerprint density at radius 1 is 1.44 bits per heavy atom. The molecule has 0 bridgehead atoms. The molecule has 2 nitrogen and oxygen atoms in total. The maximum absolute atomic E-state index is 8.15. The molecular formula is C7H14N2. The van der Waals surface area contributed by atoms with Crippen molar-refractivity contribution in [3.63, 3.8) is 0 Å². The zero-order valence-corrected chi connectivity index (χ0v) is 5.98. The molecule has 0 aromatic rings. The van der Waals surface area contributed by atoms with Crippen molar-refractivity contribution in [2.75, 3.05) is 13.1 Å². The smallest absolute Gasteiger partial charge is 0.0621 e. The van der Waals surface area contributed by atoms with Gasteiger partial charge in [0.1, 0.15) is 0 Å². The Bertz CT molecular complexity index is 83.4. The molecule has 0 aromatic carbocycles. The highest BCUT2D eigenvalue weighted by Gasteiger charge is 1.84. The van der Waals surface area contributed by atoms with Gasteiger partial charge in [0.15, 0.2) is 0 Å². The Hall–Kier alpha value is -0.550. The minimum atomic E-state index is 0.700. The van der Waals surface area contributed by atoms with Crippen molar-refractivity contribution >= 4 is 0 Å². The molecule has 0 atom stereocenters. The average Bonchev–Trinajstić information content (AvgIpc) is 1.89. The topological polar surface area (TPSA) is 35.8 Å². The van der Waals surface area contributed by atoms with E-state index in [0.717, 1.165) is 25.9 Å². The molecule has 0 saturated heterocycles. The summed E-state index contributed by atoms with van der Waals surface area (Å²) in [5, 5.41) is 11.4. The first-order chi connectivity index (χ1) is 4.41. The van der Waals surface area contributed by atoms with Crippen molar-refractivity contribution in [2.24, 2.45) is 0 Å². The second kappa shape index (κ2) is 7.45. The van der Waals surface area contributed by atoms with Gasteiger partial charge < -0.3 is 5.32 Å². The van der Waals surface area contributed by atoms with Crippen LogP contribution in [0.25, 0.3) is 0 Å². The molecule has 1 N–H and O–H groups in total. The van der Waals surface area contributed by atoms with Gasteiger partial charge in [0.2, 0.25) is 0 Å². The van der Waals surface area contributed by atoms with Gasteiger partial charge in [-0.25, -0.2) is 0 Å². The van der Waals surface area contributed by atoms with Crippen LogP contribution < -0.4 is 5.32 Å². The Balaban J connectivity index is 2.69. The molecule has 0 saturated carbocycles. The third-order valence-corrected chi connectivity index (χ3v) is 1.14. The fourth-order valence-electron chi connectivity index (χ4n) is 0.631. The average molecular weight is 126 g/mol. The summed E-state index contributed by atoms with van der Waals surface area (Å²) < 4.78 is 0. The summed E-state index contributed by atoms with van der Waals surface area (Å²) in [6.07, 6.45) is 2.86. The fourth-order valence-corrected chi connectivity index (χ4v) is 0.631. The normalized spacial score (nSPS) is 8.89. The minimum absolute atomic E-state index is 0.700. The molecule has 52 valence electrons. The summed E-state index contributed by atoms with van der Waals surface area (Å²) in [6.45, 7) is 4.18. The first-order valence-electron chi connectivity index (χ1n) is 3.49. The van der Waals surface area contributed by atoms with Crippen molar-refractivity contribution in [2.45, 2.75) is 26.2 Å². The van der Waals surface area contributed by atoms with Crippen LogP contribution in [0.5, 0.6) is 0 Å². The third-order valence-electron chi connectivity index (χ3n) is 1.14. The molecule has 0 aromatic heterocycles. The zero-order chi connectivity index (χ0) is 6.95. The van der Waals surface area contributed by atoms with Gasteiger partial charge in [-0.15, -0.1) is 0 Å². The van der Waals surface area contributed by atoms with Crippen LogP contribution in [-0.4, -0.2) is 13.1 Å². The summed E-state index contributed by atoms with van der Waals surface area (Å²) in [5.41, 5.74) is 0. The fraction of sp³-hybridized carbons (Fsp3) is 0.857. The number of nitrogens with zero attached hydrogens (tertiary/aromatic N) is 1. The van der Waals surface area contributed by atoms with Crippen molar-refractivity contribution in [1.29, 1.82) is 5.26 Å². The van der Waals surface area contributed by atoms with Crippen LogP contribution in [0.1, 0.15) is 26.2 Å². The van der Waals surface area contributed by atoms with Gasteiger partial charge in [-0.3, -0.25) is 0 Å². The molecule has 0 rings (SSSR count). The molecule has 0 spiro atoms. The number of unbranched alkanes of at least 4 members (excludes halogenated alkanes) is 2. The van der Waals surface area contributed by atoms with Crippen LogP contribution in [0.4, 0.5) is 0 Å². The van der Waals surface area contributed by atoms with E-state index < -0.39 is 0 Å². The first kappa shape index (κ1) is 8.45. The van der Waals surface area contributed by atoms with E-state index in [-0.39, 0.29) is 0 Å². The molecule has 0 aliphatic carbocycles. The summed E-state index contributed by atoms with van der Waals surface area (Å²) in [6, 6.07) is 2.12. The number of nitrogens with one attached hydrogen (secondary N) is 1. The second-order valence-electron chi connectivity index (χ2n) is 1.97.